The molecule has 2 saturated heterocycles. The van der Waals surface area contributed by atoms with Gasteiger partial charge >= 0.3 is 5.97 Å². The Balaban J connectivity index is 1.86. The van der Waals surface area contributed by atoms with Gasteiger partial charge < -0.3 is 14.9 Å². The summed E-state index contributed by atoms with van der Waals surface area (Å²) >= 11 is 0. The van der Waals surface area contributed by atoms with Gasteiger partial charge in [0.2, 0.25) is 0 Å². The molecule has 1 aromatic carbocycles. The number of nitrogens with zero attached hydrogens (tertiary/aromatic N) is 2. The van der Waals surface area contributed by atoms with Gasteiger partial charge in [0.05, 0.1) is 5.92 Å². The van der Waals surface area contributed by atoms with Crippen LogP contribution < -0.4 is 4.90 Å². The number of hydrogen-bond acceptors (Lipinski definition) is 3. The average Bonchev–Trinajstić information content (AvgIpc) is 3.04. The number of carboxylic acids is 1. The summed E-state index contributed by atoms with van der Waals surface area (Å²) in [5.41, 5.74) is 1.62. The van der Waals surface area contributed by atoms with Crippen LogP contribution in [0.1, 0.15) is 29.6 Å². The number of aliphatic carboxylic acids is 1. The standard InChI is InChI=1S/C16H20N2O3/c1-17(2)11-5-3-4-10(8-11)15(19)18-12-6-7-14(18)13(9-12)16(20)21/h3-5,8,12-14H,6-7,9H2,1-2H3,(H,20,21). The maximum atomic E-state index is 12.8. The van der Waals surface area contributed by atoms with Crippen LogP contribution in [0.15, 0.2) is 24.3 Å². The second kappa shape index (κ2) is 5.06. The fourth-order valence-corrected chi connectivity index (χ4v) is 3.64. The van der Waals surface area contributed by atoms with Crippen molar-refractivity contribution in [3.8, 4) is 0 Å². The predicted molar refractivity (Wildman–Crippen MR) is 79.5 cm³/mol. The summed E-state index contributed by atoms with van der Waals surface area (Å²) in [6.07, 6.45) is 2.33. The summed E-state index contributed by atoms with van der Waals surface area (Å²) in [7, 11) is 3.87. The molecule has 0 aromatic heterocycles. The molecule has 5 nitrogen and oxygen atoms in total. The third-order valence-corrected chi connectivity index (χ3v) is 4.70. The minimum Gasteiger partial charge on any atom is -0.481 e. The topological polar surface area (TPSA) is 60.9 Å². The smallest absolute Gasteiger partial charge is 0.308 e. The summed E-state index contributed by atoms with van der Waals surface area (Å²) in [5.74, 6) is -1.21. The SMILES string of the molecule is CN(C)c1cccc(C(=O)N2C3CCC2C(C(=O)O)C3)c1. The maximum absolute atomic E-state index is 12.8. The Kier molecular flexibility index (Phi) is 3.35. The molecular formula is C16H20N2O3. The number of anilines is 1. The quantitative estimate of drug-likeness (QED) is 0.922. The van der Waals surface area contributed by atoms with E-state index in [1.165, 1.54) is 0 Å². The molecule has 1 aromatic rings. The number of rotatable bonds is 3. The molecule has 0 spiro atoms. The highest BCUT2D eigenvalue weighted by Gasteiger charge is 2.51. The highest BCUT2D eigenvalue weighted by molar-refractivity contribution is 5.96. The van der Waals surface area contributed by atoms with E-state index in [4.69, 9.17) is 0 Å². The number of fused-ring (bicyclic) bond motifs is 2. The van der Waals surface area contributed by atoms with Crippen molar-refractivity contribution in [2.24, 2.45) is 5.92 Å². The lowest BCUT2D eigenvalue weighted by Gasteiger charge is -2.24. The van der Waals surface area contributed by atoms with E-state index in [0.717, 1.165) is 18.5 Å². The van der Waals surface area contributed by atoms with Gasteiger partial charge in [-0.1, -0.05) is 6.07 Å². The normalized spacial score (nSPS) is 27.0. The Morgan fingerprint density at radius 2 is 2.05 bits per heavy atom. The molecule has 3 unspecified atom stereocenters. The molecule has 0 saturated carbocycles. The van der Waals surface area contributed by atoms with Gasteiger partial charge in [-0.05, 0) is 37.5 Å². The second-order valence-corrected chi connectivity index (χ2v) is 6.14. The summed E-state index contributed by atoms with van der Waals surface area (Å²) in [6, 6.07) is 7.46. The fraction of sp³-hybridized carbons (Fsp3) is 0.500. The van der Waals surface area contributed by atoms with E-state index in [-0.39, 0.29) is 18.0 Å². The minimum atomic E-state index is -0.776. The van der Waals surface area contributed by atoms with Crippen LogP contribution in [-0.2, 0) is 4.79 Å². The Bertz CT molecular complexity index is 585. The monoisotopic (exact) mass is 288 g/mol. The van der Waals surface area contributed by atoms with Crippen LogP contribution in [-0.4, -0.2) is 48.1 Å². The van der Waals surface area contributed by atoms with E-state index in [1.807, 2.05) is 48.2 Å². The highest BCUT2D eigenvalue weighted by Crippen LogP contribution is 2.42. The number of hydrogen-bond donors (Lipinski definition) is 1. The van der Waals surface area contributed by atoms with Crippen molar-refractivity contribution in [3.63, 3.8) is 0 Å². The van der Waals surface area contributed by atoms with Gasteiger partial charge in [0, 0.05) is 37.4 Å². The Morgan fingerprint density at radius 3 is 2.67 bits per heavy atom. The van der Waals surface area contributed by atoms with Crippen molar-refractivity contribution >= 4 is 17.6 Å². The van der Waals surface area contributed by atoms with Gasteiger partial charge in [0.1, 0.15) is 0 Å². The summed E-state index contributed by atoms with van der Waals surface area (Å²) in [5, 5.41) is 9.28. The molecule has 2 aliphatic heterocycles. The van der Waals surface area contributed by atoms with E-state index in [9.17, 15) is 14.7 Å². The molecule has 112 valence electrons. The van der Waals surface area contributed by atoms with Crippen molar-refractivity contribution in [2.75, 3.05) is 19.0 Å². The van der Waals surface area contributed by atoms with Gasteiger partial charge in [-0.15, -0.1) is 0 Å². The van der Waals surface area contributed by atoms with Crippen LogP contribution in [0.5, 0.6) is 0 Å². The Hall–Kier alpha value is -2.04. The van der Waals surface area contributed by atoms with Crippen LogP contribution >= 0.6 is 0 Å². The molecule has 1 N–H and O–H groups in total. The van der Waals surface area contributed by atoms with Gasteiger partial charge in [-0.3, -0.25) is 9.59 Å². The average molecular weight is 288 g/mol. The summed E-state index contributed by atoms with van der Waals surface area (Å²) in [6.45, 7) is 0. The lowest BCUT2D eigenvalue weighted by molar-refractivity contribution is -0.142. The molecule has 2 heterocycles. The first-order valence-corrected chi connectivity index (χ1v) is 7.32. The van der Waals surface area contributed by atoms with Crippen LogP contribution in [0.25, 0.3) is 0 Å². The molecule has 2 fully saturated rings. The number of amides is 1. The van der Waals surface area contributed by atoms with Crippen molar-refractivity contribution in [3.05, 3.63) is 29.8 Å². The molecule has 0 radical (unpaired) electrons. The zero-order valence-electron chi connectivity index (χ0n) is 12.3. The lowest BCUT2D eigenvalue weighted by Crippen LogP contribution is -2.37. The van der Waals surface area contributed by atoms with Crippen LogP contribution in [0, 0.1) is 5.92 Å². The number of carbonyl (C=O) groups is 2. The van der Waals surface area contributed by atoms with E-state index in [1.54, 1.807) is 0 Å². The lowest BCUT2D eigenvalue weighted by atomic mass is 9.89. The van der Waals surface area contributed by atoms with E-state index < -0.39 is 11.9 Å². The minimum absolute atomic E-state index is 0.0325. The highest BCUT2D eigenvalue weighted by atomic mass is 16.4. The third kappa shape index (κ3) is 2.26. The fourth-order valence-electron chi connectivity index (χ4n) is 3.64. The first-order valence-electron chi connectivity index (χ1n) is 7.32. The second-order valence-electron chi connectivity index (χ2n) is 6.14. The first kappa shape index (κ1) is 13.9. The van der Waals surface area contributed by atoms with Crippen molar-refractivity contribution < 1.29 is 14.7 Å². The van der Waals surface area contributed by atoms with E-state index >= 15 is 0 Å². The first-order chi connectivity index (χ1) is 9.99. The van der Waals surface area contributed by atoms with Crippen molar-refractivity contribution in [1.29, 1.82) is 0 Å². The molecular weight excluding hydrogens is 268 g/mol. The molecule has 2 bridgehead atoms. The molecule has 21 heavy (non-hydrogen) atoms. The predicted octanol–water partition coefficient (Wildman–Crippen LogP) is 1.83. The van der Waals surface area contributed by atoms with Crippen LogP contribution in [0.4, 0.5) is 5.69 Å². The van der Waals surface area contributed by atoms with Crippen LogP contribution in [0.3, 0.4) is 0 Å². The molecule has 3 rings (SSSR count). The molecule has 5 heteroatoms. The van der Waals surface area contributed by atoms with Gasteiger partial charge in [-0.25, -0.2) is 0 Å². The molecule has 0 aliphatic carbocycles. The number of carbonyl (C=O) groups excluding carboxylic acids is 1. The zero-order chi connectivity index (χ0) is 15.1. The van der Waals surface area contributed by atoms with Gasteiger partial charge in [-0.2, -0.15) is 0 Å². The van der Waals surface area contributed by atoms with E-state index in [2.05, 4.69) is 0 Å². The van der Waals surface area contributed by atoms with Crippen LogP contribution in [0.2, 0.25) is 0 Å². The van der Waals surface area contributed by atoms with Crippen molar-refractivity contribution in [1.82, 2.24) is 4.90 Å². The van der Waals surface area contributed by atoms with Gasteiger partial charge in [0.25, 0.3) is 5.91 Å². The maximum Gasteiger partial charge on any atom is 0.308 e. The summed E-state index contributed by atoms with van der Waals surface area (Å²) < 4.78 is 0. The number of carboxylic acid groups (broad SMARTS) is 1. The largest absolute Gasteiger partial charge is 0.481 e. The zero-order valence-corrected chi connectivity index (χ0v) is 12.3. The molecule has 3 atom stereocenters. The third-order valence-electron chi connectivity index (χ3n) is 4.70. The van der Waals surface area contributed by atoms with Gasteiger partial charge in [0.15, 0.2) is 0 Å². The molecule has 1 amide bonds. The number of benzene rings is 1. The summed E-state index contributed by atoms with van der Waals surface area (Å²) in [4.78, 5) is 27.8. The van der Waals surface area contributed by atoms with Crippen molar-refractivity contribution in [2.45, 2.75) is 31.3 Å². The Morgan fingerprint density at radius 1 is 1.29 bits per heavy atom. The van der Waals surface area contributed by atoms with E-state index in [0.29, 0.717) is 12.0 Å². The molecule has 2 aliphatic rings. The Labute approximate surface area is 124 Å².